The molecule has 2 aromatic rings. The van der Waals surface area contributed by atoms with Crippen molar-refractivity contribution >= 4 is 0 Å². The predicted octanol–water partition coefficient (Wildman–Crippen LogP) is 4.25. The van der Waals surface area contributed by atoms with Crippen molar-refractivity contribution in [2.24, 2.45) is 0 Å². The zero-order valence-electron chi connectivity index (χ0n) is 13.2. The Hall–Kier alpha value is -1.64. The summed E-state index contributed by atoms with van der Waals surface area (Å²) >= 11 is 0. The van der Waals surface area contributed by atoms with Crippen molar-refractivity contribution < 1.29 is 4.74 Å². The molecule has 0 atom stereocenters. The number of hydrogen-bond donors (Lipinski definition) is 1. The average Bonchev–Trinajstić information content (AvgIpc) is 2.48. The standard InChI is InChI=1S/C19H25NO/c1-15(2)19-9-7-16(8-10-19)12-20-13-17-5-4-6-18(11-17)14-21-3/h4-11,15,20H,12-14H2,1-3H3. The van der Waals surface area contributed by atoms with Gasteiger partial charge in [-0.25, -0.2) is 0 Å². The molecule has 0 aliphatic rings. The van der Waals surface area contributed by atoms with E-state index in [-0.39, 0.29) is 0 Å². The first-order valence-corrected chi connectivity index (χ1v) is 7.55. The Labute approximate surface area is 128 Å². The van der Waals surface area contributed by atoms with Crippen LogP contribution in [0.3, 0.4) is 0 Å². The van der Waals surface area contributed by atoms with Gasteiger partial charge in [0.1, 0.15) is 0 Å². The zero-order valence-corrected chi connectivity index (χ0v) is 13.2. The molecule has 0 saturated heterocycles. The third kappa shape index (κ3) is 5.00. The molecule has 0 aliphatic heterocycles. The third-order valence-corrected chi connectivity index (χ3v) is 3.61. The van der Waals surface area contributed by atoms with Gasteiger partial charge in [-0.3, -0.25) is 0 Å². The summed E-state index contributed by atoms with van der Waals surface area (Å²) in [4.78, 5) is 0. The van der Waals surface area contributed by atoms with Crippen LogP contribution in [0.25, 0.3) is 0 Å². The lowest BCUT2D eigenvalue weighted by atomic mass is 10.0. The molecule has 0 aromatic heterocycles. The molecule has 0 saturated carbocycles. The molecule has 0 aliphatic carbocycles. The molecule has 0 fully saturated rings. The fourth-order valence-electron chi connectivity index (χ4n) is 2.37. The molecule has 2 nitrogen and oxygen atoms in total. The molecule has 2 aromatic carbocycles. The van der Waals surface area contributed by atoms with Gasteiger partial charge >= 0.3 is 0 Å². The minimum absolute atomic E-state index is 0.593. The lowest BCUT2D eigenvalue weighted by Crippen LogP contribution is -2.12. The topological polar surface area (TPSA) is 21.3 Å². The van der Waals surface area contributed by atoms with Crippen molar-refractivity contribution in [2.75, 3.05) is 7.11 Å². The van der Waals surface area contributed by atoms with Crippen molar-refractivity contribution in [2.45, 2.75) is 39.5 Å². The summed E-state index contributed by atoms with van der Waals surface area (Å²) in [5.41, 5.74) is 5.24. The number of methoxy groups -OCH3 is 1. The first-order valence-electron chi connectivity index (χ1n) is 7.55. The molecular weight excluding hydrogens is 258 g/mol. The Kier molecular flexibility index (Phi) is 5.97. The van der Waals surface area contributed by atoms with Gasteiger partial charge in [0.2, 0.25) is 0 Å². The highest BCUT2D eigenvalue weighted by Gasteiger charge is 2.00. The number of nitrogens with one attached hydrogen (secondary N) is 1. The SMILES string of the molecule is COCc1cccc(CNCc2ccc(C(C)C)cc2)c1. The van der Waals surface area contributed by atoms with Crippen LogP contribution in [-0.4, -0.2) is 7.11 Å². The average molecular weight is 283 g/mol. The maximum absolute atomic E-state index is 5.17. The van der Waals surface area contributed by atoms with Gasteiger partial charge in [-0.1, -0.05) is 62.4 Å². The van der Waals surface area contributed by atoms with Gasteiger partial charge < -0.3 is 10.1 Å². The highest BCUT2D eigenvalue weighted by atomic mass is 16.5. The summed E-state index contributed by atoms with van der Waals surface area (Å²) < 4.78 is 5.17. The normalized spacial score (nSPS) is 11.0. The van der Waals surface area contributed by atoms with Crippen molar-refractivity contribution in [3.8, 4) is 0 Å². The molecule has 21 heavy (non-hydrogen) atoms. The largest absolute Gasteiger partial charge is 0.380 e. The number of benzene rings is 2. The lowest BCUT2D eigenvalue weighted by molar-refractivity contribution is 0.185. The second-order valence-electron chi connectivity index (χ2n) is 5.75. The zero-order chi connectivity index (χ0) is 15.1. The second kappa shape index (κ2) is 7.96. The number of ether oxygens (including phenoxy) is 1. The molecule has 1 N–H and O–H groups in total. The third-order valence-electron chi connectivity index (χ3n) is 3.61. The highest BCUT2D eigenvalue weighted by molar-refractivity contribution is 5.25. The summed E-state index contributed by atoms with van der Waals surface area (Å²) in [5, 5.41) is 3.50. The Morgan fingerprint density at radius 3 is 2.24 bits per heavy atom. The second-order valence-corrected chi connectivity index (χ2v) is 5.75. The Morgan fingerprint density at radius 2 is 1.57 bits per heavy atom. The molecule has 2 rings (SSSR count). The van der Waals surface area contributed by atoms with E-state index >= 15 is 0 Å². The van der Waals surface area contributed by atoms with Crippen LogP contribution in [0.5, 0.6) is 0 Å². The minimum atomic E-state index is 0.593. The number of hydrogen-bond acceptors (Lipinski definition) is 2. The molecule has 0 spiro atoms. The van der Waals surface area contributed by atoms with Crippen LogP contribution in [-0.2, 0) is 24.4 Å². The predicted molar refractivity (Wildman–Crippen MR) is 88.2 cm³/mol. The van der Waals surface area contributed by atoms with E-state index in [1.54, 1.807) is 7.11 Å². The van der Waals surface area contributed by atoms with Gasteiger partial charge in [-0.2, -0.15) is 0 Å². The van der Waals surface area contributed by atoms with E-state index < -0.39 is 0 Å². The fourth-order valence-corrected chi connectivity index (χ4v) is 2.37. The lowest BCUT2D eigenvalue weighted by Gasteiger charge is -2.09. The van der Waals surface area contributed by atoms with Crippen LogP contribution < -0.4 is 5.32 Å². The van der Waals surface area contributed by atoms with Crippen molar-refractivity contribution in [1.82, 2.24) is 5.32 Å². The number of rotatable bonds is 7. The highest BCUT2D eigenvalue weighted by Crippen LogP contribution is 2.14. The fraction of sp³-hybridized carbons (Fsp3) is 0.368. The van der Waals surface area contributed by atoms with Gasteiger partial charge in [-0.05, 0) is 28.2 Å². The van der Waals surface area contributed by atoms with Crippen LogP contribution in [0.4, 0.5) is 0 Å². The van der Waals surface area contributed by atoms with E-state index in [2.05, 4.69) is 67.7 Å². The summed E-state index contributed by atoms with van der Waals surface area (Å²) in [6.07, 6.45) is 0. The smallest absolute Gasteiger partial charge is 0.0713 e. The van der Waals surface area contributed by atoms with Crippen LogP contribution in [0, 0.1) is 0 Å². The van der Waals surface area contributed by atoms with Crippen molar-refractivity contribution in [3.63, 3.8) is 0 Å². The van der Waals surface area contributed by atoms with Crippen LogP contribution >= 0.6 is 0 Å². The van der Waals surface area contributed by atoms with E-state index in [0.29, 0.717) is 12.5 Å². The summed E-state index contributed by atoms with van der Waals surface area (Å²) in [6, 6.07) is 17.4. The Morgan fingerprint density at radius 1 is 0.905 bits per heavy atom. The molecule has 2 heteroatoms. The van der Waals surface area contributed by atoms with E-state index in [9.17, 15) is 0 Å². The summed E-state index contributed by atoms with van der Waals surface area (Å²) in [6.45, 7) is 6.89. The molecule has 0 radical (unpaired) electrons. The Balaban J connectivity index is 1.85. The van der Waals surface area contributed by atoms with Crippen molar-refractivity contribution in [3.05, 3.63) is 70.8 Å². The van der Waals surface area contributed by atoms with Gasteiger partial charge in [0, 0.05) is 20.2 Å². The van der Waals surface area contributed by atoms with Crippen LogP contribution in [0.1, 0.15) is 42.0 Å². The van der Waals surface area contributed by atoms with Crippen LogP contribution in [0.15, 0.2) is 48.5 Å². The van der Waals surface area contributed by atoms with Gasteiger partial charge in [-0.15, -0.1) is 0 Å². The quantitative estimate of drug-likeness (QED) is 0.820. The van der Waals surface area contributed by atoms with E-state index in [1.165, 1.54) is 22.3 Å². The maximum Gasteiger partial charge on any atom is 0.0713 e. The van der Waals surface area contributed by atoms with Crippen LogP contribution in [0.2, 0.25) is 0 Å². The molecule has 0 bridgehead atoms. The van der Waals surface area contributed by atoms with Gasteiger partial charge in [0.25, 0.3) is 0 Å². The molecule has 0 amide bonds. The first kappa shape index (κ1) is 15.7. The van der Waals surface area contributed by atoms with Gasteiger partial charge in [0.15, 0.2) is 0 Å². The monoisotopic (exact) mass is 283 g/mol. The van der Waals surface area contributed by atoms with E-state index in [0.717, 1.165) is 13.1 Å². The summed E-state index contributed by atoms with van der Waals surface area (Å²) in [7, 11) is 1.73. The molecule has 0 unspecified atom stereocenters. The van der Waals surface area contributed by atoms with E-state index in [1.807, 2.05) is 0 Å². The molecule has 0 heterocycles. The summed E-state index contributed by atoms with van der Waals surface area (Å²) in [5.74, 6) is 0.593. The Bertz CT molecular complexity index is 546. The minimum Gasteiger partial charge on any atom is -0.380 e. The van der Waals surface area contributed by atoms with Crippen molar-refractivity contribution in [1.29, 1.82) is 0 Å². The molecular formula is C19H25NO. The van der Waals surface area contributed by atoms with E-state index in [4.69, 9.17) is 4.74 Å². The van der Waals surface area contributed by atoms with Gasteiger partial charge in [0.05, 0.1) is 6.61 Å². The first-order chi connectivity index (χ1) is 10.2. The maximum atomic E-state index is 5.17. The molecule has 112 valence electrons.